The van der Waals surface area contributed by atoms with Crippen molar-refractivity contribution in [2.75, 3.05) is 25.0 Å². The highest BCUT2D eigenvalue weighted by Gasteiger charge is 2.18. The molecule has 33 heavy (non-hydrogen) atoms. The zero-order valence-electron chi connectivity index (χ0n) is 18.5. The van der Waals surface area contributed by atoms with Gasteiger partial charge in [0.2, 0.25) is 0 Å². The first-order valence-corrected chi connectivity index (χ1v) is 11.8. The standard InChI is InChI=1S/C27H29ClN2O3/c28-22-7-11-25(12-8-22)33-26-13-9-23(10-14-26)29-24-15-18-30(19-16-24)17-1-2-20-3-5-21(6-4-20)27(31)32/h3-14,24,29H,1-2,15-19H2,(H,31,32). The van der Waals surface area contributed by atoms with Gasteiger partial charge in [0.05, 0.1) is 5.56 Å². The summed E-state index contributed by atoms with van der Waals surface area (Å²) in [6, 6.07) is 23.1. The molecule has 0 unspecified atom stereocenters. The highest BCUT2D eigenvalue weighted by Crippen LogP contribution is 2.25. The summed E-state index contributed by atoms with van der Waals surface area (Å²) in [5.41, 5.74) is 2.65. The van der Waals surface area contributed by atoms with Gasteiger partial charge in [-0.05, 0) is 98.5 Å². The molecule has 0 aromatic heterocycles. The maximum atomic E-state index is 10.9. The Bertz CT molecular complexity index is 1030. The summed E-state index contributed by atoms with van der Waals surface area (Å²) < 4.78 is 5.86. The Morgan fingerprint density at radius 3 is 2.15 bits per heavy atom. The highest BCUT2D eigenvalue weighted by molar-refractivity contribution is 6.30. The number of hydrogen-bond acceptors (Lipinski definition) is 4. The van der Waals surface area contributed by atoms with Crippen molar-refractivity contribution in [3.63, 3.8) is 0 Å². The van der Waals surface area contributed by atoms with Gasteiger partial charge in [0, 0.05) is 29.8 Å². The first-order valence-electron chi connectivity index (χ1n) is 11.4. The van der Waals surface area contributed by atoms with Crippen LogP contribution in [0.15, 0.2) is 72.8 Å². The predicted molar refractivity (Wildman–Crippen MR) is 133 cm³/mol. The molecule has 1 saturated heterocycles. The third kappa shape index (κ3) is 6.98. The maximum Gasteiger partial charge on any atom is 0.335 e. The average Bonchev–Trinajstić information content (AvgIpc) is 2.83. The lowest BCUT2D eigenvalue weighted by Crippen LogP contribution is -2.39. The fourth-order valence-corrected chi connectivity index (χ4v) is 4.24. The first-order chi connectivity index (χ1) is 16.0. The van der Waals surface area contributed by atoms with E-state index < -0.39 is 5.97 Å². The van der Waals surface area contributed by atoms with E-state index >= 15 is 0 Å². The molecule has 3 aromatic rings. The van der Waals surface area contributed by atoms with Gasteiger partial charge >= 0.3 is 5.97 Å². The van der Waals surface area contributed by atoms with E-state index in [1.165, 1.54) is 5.56 Å². The molecule has 0 spiro atoms. The van der Waals surface area contributed by atoms with Gasteiger partial charge in [0.25, 0.3) is 0 Å². The van der Waals surface area contributed by atoms with Crippen LogP contribution in [0.25, 0.3) is 0 Å². The molecule has 0 aliphatic carbocycles. The average molecular weight is 465 g/mol. The molecule has 6 heteroatoms. The van der Waals surface area contributed by atoms with E-state index in [1.807, 2.05) is 48.5 Å². The number of ether oxygens (including phenoxy) is 1. The minimum Gasteiger partial charge on any atom is -0.478 e. The summed E-state index contributed by atoms with van der Waals surface area (Å²) in [4.78, 5) is 13.5. The number of anilines is 1. The number of halogens is 1. The van der Waals surface area contributed by atoms with Crippen LogP contribution in [0, 0.1) is 0 Å². The van der Waals surface area contributed by atoms with Crippen LogP contribution in [0.2, 0.25) is 5.02 Å². The number of carboxylic acid groups (broad SMARTS) is 1. The number of rotatable bonds is 9. The van der Waals surface area contributed by atoms with Crippen LogP contribution < -0.4 is 10.1 Å². The minimum atomic E-state index is -0.875. The number of aryl methyl sites for hydroxylation is 1. The van der Waals surface area contributed by atoms with Crippen molar-refractivity contribution in [2.45, 2.75) is 31.7 Å². The molecular formula is C27H29ClN2O3. The lowest BCUT2D eigenvalue weighted by atomic mass is 10.0. The molecule has 2 N–H and O–H groups in total. The van der Waals surface area contributed by atoms with Crippen LogP contribution in [0.1, 0.15) is 35.2 Å². The van der Waals surface area contributed by atoms with Gasteiger partial charge in [-0.3, -0.25) is 0 Å². The third-order valence-corrected chi connectivity index (χ3v) is 6.25. The highest BCUT2D eigenvalue weighted by atomic mass is 35.5. The van der Waals surface area contributed by atoms with Crippen molar-refractivity contribution in [3.8, 4) is 11.5 Å². The molecule has 0 saturated carbocycles. The Morgan fingerprint density at radius 2 is 1.55 bits per heavy atom. The van der Waals surface area contributed by atoms with E-state index in [4.69, 9.17) is 21.4 Å². The fourth-order valence-electron chi connectivity index (χ4n) is 4.12. The molecule has 5 nitrogen and oxygen atoms in total. The Morgan fingerprint density at radius 1 is 0.939 bits per heavy atom. The number of hydrogen-bond donors (Lipinski definition) is 2. The largest absolute Gasteiger partial charge is 0.478 e. The molecule has 1 aliphatic heterocycles. The summed E-state index contributed by atoms with van der Waals surface area (Å²) in [7, 11) is 0. The minimum absolute atomic E-state index is 0.344. The molecule has 0 amide bonds. The van der Waals surface area contributed by atoms with Crippen LogP contribution in [-0.4, -0.2) is 41.7 Å². The van der Waals surface area contributed by atoms with E-state index in [0.717, 1.165) is 62.5 Å². The second-order valence-electron chi connectivity index (χ2n) is 8.45. The van der Waals surface area contributed by atoms with Gasteiger partial charge in [-0.1, -0.05) is 23.7 Å². The molecule has 4 rings (SSSR count). The van der Waals surface area contributed by atoms with Gasteiger partial charge in [-0.2, -0.15) is 0 Å². The molecule has 172 valence electrons. The van der Waals surface area contributed by atoms with Gasteiger partial charge in [0.15, 0.2) is 0 Å². The van der Waals surface area contributed by atoms with E-state index in [1.54, 1.807) is 12.1 Å². The predicted octanol–water partition coefficient (Wildman–Crippen LogP) is 6.34. The van der Waals surface area contributed by atoms with Crippen molar-refractivity contribution in [1.29, 1.82) is 0 Å². The van der Waals surface area contributed by atoms with E-state index in [9.17, 15) is 4.79 Å². The van der Waals surface area contributed by atoms with Crippen molar-refractivity contribution >= 4 is 23.3 Å². The maximum absolute atomic E-state index is 10.9. The van der Waals surface area contributed by atoms with E-state index in [-0.39, 0.29) is 0 Å². The van der Waals surface area contributed by atoms with Gasteiger partial charge in [-0.25, -0.2) is 4.79 Å². The summed E-state index contributed by atoms with van der Waals surface area (Å²) in [6.45, 7) is 3.25. The Labute approximate surface area is 200 Å². The Hall–Kier alpha value is -3.02. The Balaban J connectivity index is 1.16. The smallest absolute Gasteiger partial charge is 0.335 e. The molecule has 1 heterocycles. The normalized spacial score (nSPS) is 14.7. The molecule has 1 fully saturated rings. The monoisotopic (exact) mass is 464 g/mol. The van der Waals surface area contributed by atoms with Crippen LogP contribution in [0.3, 0.4) is 0 Å². The zero-order chi connectivity index (χ0) is 23.0. The van der Waals surface area contributed by atoms with Crippen LogP contribution in [0.5, 0.6) is 11.5 Å². The third-order valence-electron chi connectivity index (χ3n) is 6.00. The topological polar surface area (TPSA) is 61.8 Å². The SMILES string of the molecule is O=C(O)c1ccc(CCCN2CCC(Nc3ccc(Oc4ccc(Cl)cc4)cc3)CC2)cc1. The molecule has 0 atom stereocenters. The lowest BCUT2D eigenvalue weighted by molar-refractivity contribution is 0.0697. The molecular weight excluding hydrogens is 436 g/mol. The van der Waals surface area contributed by atoms with Gasteiger partial charge in [0.1, 0.15) is 11.5 Å². The van der Waals surface area contributed by atoms with Crippen molar-refractivity contribution in [3.05, 3.63) is 88.9 Å². The number of nitrogens with zero attached hydrogens (tertiary/aromatic N) is 1. The van der Waals surface area contributed by atoms with E-state index in [0.29, 0.717) is 16.6 Å². The van der Waals surface area contributed by atoms with E-state index in [2.05, 4.69) is 22.3 Å². The van der Waals surface area contributed by atoms with Crippen molar-refractivity contribution < 1.29 is 14.6 Å². The number of benzene rings is 3. The number of likely N-dealkylation sites (tertiary alicyclic amines) is 1. The summed E-state index contributed by atoms with van der Waals surface area (Å²) >= 11 is 5.92. The molecule has 0 radical (unpaired) electrons. The number of carboxylic acids is 1. The first kappa shape index (κ1) is 23.1. The molecule has 3 aromatic carbocycles. The Kier molecular flexibility index (Phi) is 7.87. The molecule has 1 aliphatic rings. The lowest BCUT2D eigenvalue weighted by Gasteiger charge is -2.33. The summed E-state index contributed by atoms with van der Waals surface area (Å²) in [5.74, 6) is 0.695. The zero-order valence-corrected chi connectivity index (χ0v) is 19.3. The van der Waals surface area contributed by atoms with Gasteiger partial charge < -0.3 is 20.1 Å². The summed E-state index contributed by atoms with van der Waals surface area (Å²) in [6.07, 6.45) is 4.30. The van der Waals surface area contributed by atoms with Gasteiger partial charge in [-0.15, -0.1) is 0 Å². The summed E-state index contributed by atoms with van der Waals surface area (Å²) in [5, 5.41) is 13.3. The second-order valence-corrected chi connectivity index (χ2v) is 8.88. The number of carbonyl (C=O) groups is 1. The molecule has 0 bridgehead atoms. The van der Waals surface area contributed by atoms with Crippen molar-refractivity contribution in [1.82, 2.24) is 4.90 Å². The van der Waals surface area contributed by atoms with Crippen molar-refractivity contribution in [2.24, 2.45) is 0 Å². The van der Waals surface area contributed by atoms with Crippen LogP contribution in [0.4, 0.5) is 5.69 Å². The number of aromatic carboxylic acids is 1. The fraction of sp³-hybridized carbons (Fsp3) is 0.296. The van der Waals surface area contributed by atoms with Crippen LogP contribution >= 0.6 is 11.6 Å². The quantitative estimate of drug-likeness (QED) is 0.387. The number of piperidine rings is 1. The number of nitrogens with one attached hydrogen (secondary N) is 1. The van der Waals surface area contributed by atoms with Crippen LogP contribution in [-0.2, 0) is 6.42 Å². The second kappa shape index (κ2) is 11.2.